The summed E-state index contributed by atoms with van der Waals surface area (Å²) in [6.45, 7) is 2.41. The predicted molar refractivity (Wildman–Crippen MR) is 59.3 cm³/mol. The average Bonchev–Trinajstić information content (AvgIpc) is 2.18. The van der Waals surface area contributed by atoms with E-state index in [-0.39, 0.29) is 9.92 Å². The summed E-state index contributed by atoms with van der Waals surface area (Å²) in [5.41, 5.74) is 0. The molecule has 0 radical (unpaired) electrons. The minimum atomic E-state index is -3.51. The van der Waals surface area contributed by atoms with Crippen LogP contribution in [-0.4, -0.2) is 19.9 Å². The van der Waals surface area contributed by atoms with E-state index in [0.717, 1.165) is 12.8 Å². The van der Waals surface area contributed by atoms with E-state index in [1.54, 1.807) is 0 Å². The van der Waals surface area contributed by atoms with Crippen LogP contribution in [-0.2, 0) is 10.0 Å². The molecule has 0 saturated carbocycles. The Morgan fingerprint density at radius 3 is 2.87 bits per heavy atom. The van der Waals surface area contributed by atoms with Gasteiger partial charge in [0, 0.05) is 18.9 Å². The Morgan fingerprint density at radius 1 is 1.53 bits per heavy atom. The van der Waals surface area contributed by atoms with Gasteiger partial charge in [0.2, 0.25) is 10.0 Å². The highest BCUT2D eigenvalue weighted by Crippen LogP contribution is 2.18. The second-order valence-electron chi connectivity index (χ2n) is 3.06. The van der Waals surface area contributed by atoms with Crippen LogP contribution in [0.5, 0.6) is 0 Å². The summed E-state index contributed by atoms with van der Waals surface area (Å²) in [5, 5.41) is 0.189. The van der Waals surface area contributed by atoms with Gasteiger partial charge in [-0.2, -0.15) is 0 Å². The largest absolute Gasteiger partial charge is 0.263 e. The Kier molecular flexibility index (Phi) is 4.50. The molecule has 1 N–H and O–H groups in total. The number of unbranched alkanes of at least 4 members (excludes halogenated alkanes) is 1. The van der Waals surface area contributed by atoms with Crippen LogP contribution in [0.1, 0.15) is 19.8 Å². The normalized spacial score (nSPS) is 11.6. The third-order valence-electron chi connectivity index (χ3n) is 1.85. The van der Waals surface area contributed by atoms with Gasteiger partial charge in [-0.25, -0.2) is 13.1 Å². The minimum Gasteiger partial charge on any atom is -0.263 e. The molecule has 0 spiro atoms. The van der Waals surface area contributed by atoms with Crippen molar-refractivity contribution in [2.24, 2.45) is 0 Å². The van der Waals surface area contributed by atoms with E-state index in [9.17, 15) is 8.42 Å². The molecule has 4 nitrogen and oxygen atoms in total. The van der Waals surface area contributed by atoms with Crippen molar-refractivity contribution < 1.29 is 8.42 Å². The molecule has 0 aliphatic rings. The van der Waals surface area contributed by atoms with Crippen LogP contribution in [0.4, 0.5) is 0 Å². The maximum atomic E-state index is 11.7. The van der Waals surface area contributed by atoms with Crippen LogP contribution in [0.2, 0.25) is 5.02 Å². The van der Waals surface area contributed by atoms with Crippen LogP contribution in [0.3, 0.4) is 0 Å². The number of aromatic nitrogens is 1. The zero-order chi connectivity index (χ0) is 11.3. The van der Waals surface area contributed by atoms with Crippen molar-refractivity contribution >= 4 is 21.6 Å². The molecule has 1 aromatic rings. The molecule has 0 aliphatic carbocycles. The highest BCUT2D eigenvalue weighted by molar-refractivity contribution is 7.89. The Balaban J connectivity index is 2.83. The first-order valence-electron chi connectivity index (χ1n) is 4.67. The molecule has 1 rings (SSSR count). The molecular formula is C9H13ClN2O2S. The lowest BCUT2D eigenvalue weighted by Gasteiger charge is -2.06. The standard InChI is InChI=1S/C9H13ClN2O2S/c1-2-3-5-12-15(13,14)9-7-11-6-4-8(9)10/h4,6-7,12H,2-3,5H2,1H3. The van der Waals surface area contributed by atoms with E-state index in [1.807, 2.05) is 6.92 Å². The number of sulfonamides is 1. The fourth-order valence-corrected chi connectivity index (χ4v) is 2.52. The molecule has 0 fully saturated rings. The number of nitrogens with zero attached hydrogens (tertiary/aromatic N) is 1. The molecule has 6 heteroatoms. The number of pyridine rings is 1. The van der Waals surface area contributed by atoms with Gasteiger partial charge in [0.05, 0.1) is 5.02 Å². The number of nitrogens with one attached hydrogen (secondary N) is 1. The first kappa shape index (κ1) is 12.4. The Bertz CT molecular complexity index is 420. The molecule has 84 valence electrons. The highest BCUT2D eigenvalue weighted by Gasteiger charge is 2.16. The first-order valence-corrected chi connectivity index (χ1v) is 6.53. The van der Waals surface area contributed by atoms with Gasteiger partial charge in [-0.1, -0.05) is 24.9 Å². The van der Waals surface area contributed by atoms with Gasteiger partial charge in [-0.15, -0.1) is 0 Å². The summed E-state index contributed by atoms with van der Waals surface area (Å²) in [5.74, 6) is 0. The first-order chi connectivity index (χ1) is 7.08. The smallest absolute Gasteiger partial charge is 0.243 e. The highest BCUT2D eigenvalue weighted by atomic mass is 35.5. The van der Waals surface area contributed by atoms with E-state index >= 15 is 0 Å². The molecule has 0 saturated heterocycles. The second kappa shape index (κ2) is 5.44. The maximum absolute atomic E-state index is 11.7. The monoisotopic (exact) mass is 248 g/mol. The molecule has 1 aromatic heterocycles. The summed E-state index contributed by atoms with van der Waals surface area (Å²) >= 11 is 5.76. The predicted octanol–water partition coefficient (Wildman–Crippen LogP) is 1.81. The Labute approximate surface area is 94.7 Å². The Hall–Kier alpha value is -0.650. The topological polar surface area (TPSA) is 59.1 Å². The third kappa shape index (κ3) is 3.44. The quantitative estimate of drug-likeness (QED) is 0.809. The zero-order valence-corrected chi connectivity index (χ0v) is 9.98. The SMILES string of the molecule is CCCCNS(=O)(=O)c1cnccc1Cl. The molecule has 0 aliphatic heterocycles. The van der Waals surface area contributed by atoms with Gasteiger partial charge in [0.15, 0.2) is 0 Å². The van der Waals surface area contributed by atoms with E-state index < -0.39 is 10.0 Å². The van der Waals surface area contributed by atoms with Gasteiger partial charge in [0.25, 0.3) is 0 Å². The number of rotatable bonds is 5. The van der Waals surface area contributed by atoms with Gasteiger partial charge in [-0.05, 0) is 12.5 Å². The number of halogens is 1. The van der Waals surface area contributed by atoms with Crippen LogP contribution in [0.25, 0.3) is 0 Å². The fraction of sp³-hybridized carbons (Fsp3) is 0.444. The van der Waals surface area contributed by atoms with Crippen molar-refractivity contribution in [3.05, 3.63) is 23.5 Å². The minimum absolute atomic E-state index is 0.0303. The molecule has 0 aromatic carbocycles. The molecule has 0 atom stereocenters. The van der Waals surface area contributed by atoms with Crippen LogP contribution >= 0.6 is 11.6 Å². The van der Waals surface area contributed by atoms with Crippen molar-refractivity contribution in [1.82, 2.24) is 9.71 Å². The van der Waals surface area contributed by atoms with Crippen molar-refractivity contribution in [3.8, 4) is 0 Å². The van der Waals surface area contributed by atoms with Gasteiger partial charge in [0.1, 0.15) is 4.90 Å². The average molecular weight is 249 g/mol. The van der Waals surface area contributed by atoms with Gasteiger partial charge < -0.3 is 0 Å². The van der Waals surface area contributed by atoms with Crippen molar-refractivity contribution in [1.29, 1.82) is 0 Å². The van der Waals surface area contributed by atoms with Gasteiger partial charge >= 0.3 is 0 Å². The lowest BCUT2D eigenvalue weighted by Crippen LogP contribution is -2.25. The van der Waals surface area contributed by atoms with E-state index in [0.29, 0.717) is 6.54 Å². The summed E-state index contributed by atoms with van der Waals surface area (Å²) < 4.78 is 25.8. The lowest BCUT2D eigenvalue weighted by atomic mass is 10.3. The second-order valence-corrected chi connectivity index (χ2v) is 5.20. The van der Waals surface area contributed by atoms with Crippen molar-refractivity contribution in [2.45, 2.75) is 24.7 Å². The van der Waals surface area contributed by atoms with E-state index in [1.165, 1.54) is 18.5 Å². The molecule has 0 unspecified atom stereocenters. The lowest BCUT2D eigenvalue weighted by molar-refractivity contribution is 0.578. The molecule has 0 amide bonds. The summed E-state index contributed by atoms with van der Waals surface area (Å²) in [7, 11) is -3.51. The fourth-order valence-electron chi connectivity index (χ4n) is 1.02. The molecule has 1 heterocycles. The third-order valence-corrected chi connectivity index (χ3v) is 3.78. The van der Waals surface area contributed by atoms with Crippen molar-refractivity contribution in [2.75, 3.05) is 6.54 Å². The van der Waals surface area contributed by atoms with E-state index in [2.05, 4.69) is 9.71 Å². The summed E-state index contributed by atoms with van der Waals surface area (Å²) in [6.07, 6.45) is 4.43. The maximum Gasteiger partial charge on any atom is 0.243 e. The molecular weight excluding hydrogens is 236 g/mol. The number of hydrogen-bond donors (Lipinski definition) is 1. The summed E-state index contributed by atoms with van der Waals surface area (Å²) in [4.78, 5) is 3.77. The van der Waals surface area contributed by atoms with Crippen LogP contribution in [0.15, 0.2) is 23.4 Å². The molecule has 0 bridgehead atoms. The van der Waals surface area contributed by atoms with Crippen LogP contribution < -0.4 is 4.72 Å². The number of hydrogen-bond acceptors (Lipinski definition) is 3. The summed E-state index contributed by atoms with van der Waals surface area (Å²) in [6, 6.07) is 1.45. The molecule has 15 heavy (non-hydrogen) atoms. The van der Waals surface area contributed by atoms with E-state index in [4.69, 9.17) is 11.6 Å². The zero-order valence-electron chi connectivity index (χ0n) is 8.40. The van der Waals surface area contributed by atoms with Crippen LogP contribution in [0, 0.1) is 0 Å². The van der Waals surface area contributed by atoms with Gasteiger partial charge in [-0.3, -0.25) is 4.98 Å². The Morgan fingerprint density at radius 2 is 2.27 bits per heavy atom. The van der Waals surface area contributed by atoms with Crippen molar-refractivity contribution in [3.63, 3.8) is 0 Å².